The van der Waals surface area contributed by atoms with E-state index in [1.807, 2.05) is 0 Å². The molecule has 1 heterocycles. The van der Waals surface area contributed by atoms with E-state index in [0.29, 0.717) is 25.4 Å². The molecule has 0 radical (unpaired) electrons. The molecule has 88 valence electrons. The lowest BCUT2D eigenvalue weighted by Gasteiger charge is -2.44. The zero-order chi connectivity index (χ0) is 11.6. The highest BCUT2D eigenvalue weighted by Gasteiger charge is 2.52. The minimum atomic E-state index is -0.818. The minimum Gasteiger partial charge on any atom is -0.479 e. The molecule has 0 amide bonds. The summed E-state index contributed by atoms with van der Waals surface area (Å²) in [6, 6.07) is 1.76. The van der Waals surface area contributed by atoms with Gasteiger partial charge in [0.15, 0.2) is 5.54 Å². The molecule has 1 aromatic heterocycles. The van der Waals surface area contributed by atoms with Crippen LogP contribution >= 0.6 is 0 Å². The monoisotopic (exact) mass is 224 g/mol. The Bertz CT molecular complexity index is 355. The molecular formula is C11H16N2O3. The third kappa shape index (κ3) is 1.71. The van der Waals surface area contributed by atoms with Crippen molar-refractivity contribution in [2.24, 2.45) is 5.92 Å². The Hall–Kier alpha value is -1.36. The number of carbonyl (C=O) groups is 1. The zero-order valence-corrected chi connectivity index (χ0v) is 9.30. The summed E-state index contributed by atoms with van der Waals surface area (Å²) in [4.78, 5) is 11.3. The van der Waals surface area contributed by atoms with Crippen molar-refractivity contribution in [3.8, 4) is 0 Å². The fourth-order valence-electron chi connectivity index (χ4n) is 2.37. The number of hydrogen-bond acceptors (Lipinski definition) is 3. The summed E-state index contributed by atoms with van der Waals surface area (Å²) in [5, 5.41) is 13.4. The number of ether oxygens (including phenoxy) is 1. The van der Waals surface area contributed by atoms with Crippen molar-refractivity contribution in [3.63, 3.8) is 0 Å². The van der Waals surface area contributed by atoms with Crippen LogP contribution in [-0.2, 0) is 15.1 Å². The van der Waals surface area contributed by atoms with Crippen LogP contribution in [0.25, 0.3) is 0 Å². The lowest BCUT2D eigenvalue weighted by molar-refractivity contribution is -0.157. The number of nitrogens with zero attached hydrogens (tertiary/aromatic N) is 2. The second kappa shape index (κ2) is 4.25. The standard InChI is InChI=1S/C11H16N2O3/c1-16-6-3-9-7-11(8-9,10(14)15)13-5-2-4-12-13/h2,4-5,9H,3,6-8H2,1H3,(H,14,15). The number of aromatic nitrogens is 2. The molecule has 1 aliphatic carbocycles. The highest BCUT2D eigenvalue weighted by Crippen LogP contribution is 2.45. The third-order valence-electron chi connectivity index (χ3n) is 3.32. The van der Waals surface area contributed by atoms with Crippen molar-refractivity contribution < 1.29 is 14.6 Å². The number of aliphatic carboxylic acids is 1. The maximum absolute atomic E-state index is 11.3. The Kier molecular flexibility index (Phi) is 2.96. The molecule has 5 heteroatoms. The zero-order valence-electron chi connectivity index (χ0n) is 9.30. The van der Waals surface area contributed by atoms with Crippen molar-refractivity contribution in [1.29, 1.82) is 0 Å². The molecule has 1 aromatic rings. The molecule has 16 heavy (non-hydrogen) atoms. The van der Waals surface area contributed by atoms with Gasteiger partial charge in [0.1, 0.15) is 0 Å². The topological polar surface area (TPSA) is 64.3 Å². The number of rotatable bonds is 5. The highest BCUT2D eigenvalue weighted by molar-refractivity contribution is 5.77. The first kappa shape index (κ1) is 11.1. The van der Waals surface area contributed by atoms with Gasteiger partial charge in [-0.25, -0.2) is 4.79 Å². The summed E-state index contributed by atoms with van der Waals surface area (Å²) < 4.78 is 6.57. The molecule has 0 atom stereocenters. The molecular weight excluding hydrogens is 208 g/mol. The van der Waals surface area contributed by atoms with Crippen molar-refractivity contribution in [2.45, 2.75) is 24.8 Å². The second-order valence-corrected chi connectivity index (χ2v) is 4.34. The first-order valence-electron chi connectivity index (χ1n) is 5.41. The molecule has 0 saturated heterocycles. The Morgan fingerprint density at radius 2 is 2.44 bits per heavy atom. The molecule has 0 unspecified atom stereocenters. The van der Waals surface area contributed by atoms with Crippen molar-refractivity contribution in [1.82, 2.24) is 9.78 Å². The molecule has 1 saturated carbocycles. The van der Waals surface area contributed by atoms with Crippen molar-refractivity contribution in [3.05, 3.63) is 18.5 Å². The van der Waals surface area contributed by atoms with Crippen LogP contribution in [0.1, 0.15) is 19.3 Å². The third-order valence-corrected chi connectivity index (χ3v) is 3.32. The molecule has 0 aromatic carbocycles. The van der Waals surface area contributed by atoms with E-state index in [-0.39, 0.29) is 0 Å². The van der Waals surface area contributed by atoms with Crippen LogP contribution in [0.2, 0.25) is 0 Å². The average Bonchev–Trinajstić information content (AvgIpc) is 2.69. The van der Waals surface area contributed by atoms with Crippen LogP contribution in [0.5, 0.6) is 0 Å². The predicted octanol–water partition coefficient (Wildman–Crippen LogP) is 1.11. The maximum Gasteiger partial charge on any atom is 0.331 e. The fourth-order valence-corrected chi connectivity index (χ4v) is 2.37. The molecule has 0 aliphatic heterocycles. The molecule has 0 bridgehead atoms. The smallest absolute Gasteiger partial charge is 0.331 e. The van der Waals surface area contributed by atoms with E-state index >= 15 is 0 Å². The fraction of sp³-hybridized carbons (Fsp3) is 0.636. The first-order valence-corrected chi connectivity index (χ1v) is 5.41. The molecule has 2 rings (SSSR count). The average molecular weight is 224 g/mol. The maximum atomic E-state index is 11.3. The molecule has 1 fully saturated rings. The van der Waals surface area contributed by atoms with Gasteiger partial charge in [0.25, 0.3) is 0 Å². The summed E-state index contributed by atoms with van der Waals surface area (Å²) in [7, 11) is 1.66. The van der Waals surface area contributed by atoms with Crippen molar-refractivity contribution >= 4 is 5.97 Å². The summed E-state index contributed by atoms with van der Waals surface area (Å²) in [6.07, 6.45) is 5.56. The quantitative estimate of drug-likeness (QED) is 0.813. The van der Waals surface area contributed by atoms with Gasteiger partial charge in [-0.05, 0) is 31.2 Å². The Labute approximate surface area is 94.0 Å². The number of hydrogen-bond donors (Lipinski definition) is 1. The largest absolute Gasteiger partial charge is 0.479 e. The highest BCUT2D eigenvalue weighted by atomic mass is 16.5. The van der Waals surface area contributed by atoms with Crippen LogP contribution in [0.3, 0.4) is 0 Å². The van der Waals surface area contributed by atoms with Gasteiger partial charge < -0.3 is 9.84 Å². The number of carboxylic acid groups (broad SMARTS) is 1. The minimum absolute atomic E-state index is 0.431. The molecule has 0 spiro atoms. The normalized spacial score (nSPS) is 28.7. The van der Waals surface area contributed by atoms with Gasteiger partial charge in [-0.1, -0.05) is 0 Å². The van der Waals surface area contributed by atoms with Gasteiger partial charge in [0.2, 0.25) is 0 Å². The van der Waals surface area contributed by atoms with E-state index in [2.05, 4.69) is 5.10 Å². The van der Waals surface area contributed by atoms with Gasteiger partial charge >= 0.3 is 5.97 Å². The van der Waals surface area contributed by atoms with E-state index in [9.17, 15) is 9.90 Å². The molecule has 1 aliphatic rings. The van der Waals surface area contributed by atoms with Crippen LogP contribution in [0, 0.1) is 5.92 Å². The predicted molar refractivity (Wildman–Crippen MR) is 57.1 cm³/mol. The SMILES string of the molecule is COCCC1CC(C(=O)O)(n2cccn2)C1. The van der Waals surface area contributed by atoms with Crippen LogP contribution in [-0.4, -0.2) is 34.6 Å². The summed E-state index contributed by atoms with van der Waals surface area (Å²) in [5.74, 6) is -0.356. The van der Waals surface area contributed by atoms with Gasteiger partial charge in [0.05, 0.1) is 0 Å². The Morgan fingerprint density at radius 3 is 2.94 bits per heavy atom. The van der Waals surface area contributed by atoms with Crippen LogP contribution in [0.15, 0.2) is 18.5 Å². The van der Waals surface area contributed by atoms with Gasteiger partial charge in [-0.15, -0.1) is 0 Å². The van der Waals surface area contributed by atoms with Crippen molar-refractivity contribution in [2.75, 3.05) is 13.7 Å². The van der Waals surface area contributed by atoms with Crippen LogP contribution in [0.4, 0.5) is 0 Å². The van der Waals surface area contributed by atoms with Crippen LogP contribution < -0.4 is 0 Å². The van der Waals surface area contributed by atoms with E-state index < -0.39 is 11.5 Å². The Balaban J connectivity index is 2.03. The van der Waals surface area contributed by atoms with Gasteiger partial charge in [-0.2, -0.15) is 5.10 Å². The summed E-state index contributed by atoms with van der Waals surface area (Å²) in [6.45, 7) is 0.694. The number of carboxylic acids is 1. The Morgan fingerprint density at radius 1 is 1.69 bits per heavy atom. The molecule has 1 N–H and O–H groups in total. The van der Waals surface area contributed by atoms with E-state index in [1.165, 1.54) is 0 Å². The second-order valence-electron chi connectivity index (χ2n) is 4.34. The lowest BCUT2D eigenvalue weighted by atomic mass is 9.67. The van der Waals surface area contributed by atoms with E-state index in [1.54, 1.807) is 30.3 Å². The van der Waals surface area contributed by atoms with Gasteiger partial charge in [-0.3, -0.25) is 4.68 Å². The lowest BCUT2D eigenvalue weighted by Crippen LogP contribution is -2.53. The summed E-state index contributed by atoms with van der Waals surface area (Å²) in [5.41, 5.74) is -0.818. The molecule has 5 nitrogen and oxygen atoms in total. The number of methoxy groups -OCH3 is 1. The van der Waals surface area contributed by atoms with Gasteiger partial charge in [0, 0.05) is 26.1 Å². The van der Waals surface area contributed by atoms with E-state index in [0.717, 1.165) is 6.42 Å². The van der Waals surface area contributed by atoms with E-state index in [4.69, 9.17) is 4.74 Å². The summed E-state index contributed by atoms with van der Waals surface area (Å²) >= 11 is 0. The first-order chi connectivity index (χ1) is 7.69.